The zero-order chi connectivity index (χ0) is 8.97. The summed E-state index contributed by atoms with van der Waals surface area (Å²) < 4.78 is 13.1. The summed E-state index contributed by atoms with van der Waals surface area (Å²) in [5, 5.41) is 0.133. The standard InChI is InChI=1S/C9H9ClFN/c10-8-5-1-3-7(9(8)11)4-2-6-12/h1-5H,6,12H2/b4-2+. The second-order valence-corrected chi connectivity index (χ2v) is 2.69. The Kier molecular flexibility index (Phi) is 3.26. The Bertz CT molecular complexity index is 297. The molecule has 1 aromatic rings. The van der Waals surface area contributed by atoms with E-state index in [0.29, 0.717) is 12.1 Å². The molecular formula is C9H9ClFN. The molecule has 1 rings (SSSR count). The minimum atomic E-state index is -0.399. The van der Waals surface area contributed by atoms with Crippen LogP contribution in [0.4, 0.5) is 4.39 Å². The molecule has 0 bridgehead atoms. The Balaban J connectivity index is 3.00. The van der Waals surface area contributed by atoms with Gasteiger partial charge in [0.25, 0.3) is 0 Å². The minimum absolute atomic E-state index is 0.133. The monoisotopic (exact) mass is 185 g/mol. The van der Waals surface area contributed by atoms with Crippen molar-refractivity contribution in [3.05, 3.63) is 40.7 Å². The normalized spacial score (nSPS) is 10.9. The van der Waals surface area contributed by atoms with E-state index in [9.17, 15) is 4.39 Å². The highest BCUT2D eigenvalue weighted by Crippen LogP contribution is 2.18. The first kappa shape index (κ1) is 9.23. The van der Waals surface area contributed by atoms with Crippen LogP contribution in [0.2, 0.25) is 5.02 Å². The highest BCUT2D eigenvalue weighted by Gasteiger charge is 2.01. The lowest BCUT2D eigenvalue weighted by Crippen LogP contribution is -1.92. The van der Waals surface area contributed by atoms with Gasteiger partial charge >= 0.3 is 0 Å². The third-order valence-corrected chi connectivity index (χ3v) is 1.71. The molecule has 0 saturated heterocycles. The number of hydrogen-bond acceptors (Lipinski definition) is 1. The van der Waals surface area contributed by atoms with Gasteiger partial charge in [0.05, 0.1) is 5.02 Å². The maximum absolute atomic E-state index is 13.1. The molecule has 3 heteroatoms. The largest absolute Gasteiger partial charge is 0.327 e. The summed E-state index contributed by atoms with van der Waals surface area (Å²) in [4.78, 5) is 0. The van der Waals surface area contributed by atoms with Crippen LogP contribution in [0.15, 0.2) is 24.3 Å². The topological polar surface area (TPSA) is 26.0 Å². The van der Waals surface area contributed by atoms with Gasteiger partial charge in [-0.25, -0.2) is 4.39 Å². The zero-order valence-electron chi connectivity index (χ0n) is 6.43. The Morgan fingerprint density at radius 2 is 2.25 bits per heavy atom. The highest BCUT2D eigenvalue weighted by molar-refractivity contribution is 6.30. The molecule has 2 N–H and O–H groups in total. The molecule has 64 valence electrons. The average molecular weight is 186 g/mol. The van der Waals surface area contributed by atoms with Crippen LogP contribution in [0.3, 0.4) is 0 Å². The van der Waals surface area contributed by atoms with E-state index < -0.39 is 5.82 Å². The van der Waals surface area contributed by atoms with Crippen LogP contribution in [0.5, 0.6) is 0 Å². The molecule has 0 unspecified atom stereocenters. The molecule has 0 heterocycles. The Morgan fingerprint density at radius 1 is 1.50 bits per heavy atom. The van der Waals surface area contributed by atoms with Crippen molar-refractivity contribution < 1.29 is 4.39 Å². The summed E-state index contributed by atoms with van der Waals surface area (Å²) >= 11 is 5.55. The maximum atomic E-state index is 13.1. The number of nitrogens with two attached hydrogens (primary N) is 1. The molecule has 0 radical (unpaired) electrons. The molecule has 0 spiro atoms. The van der Waals surface area contributed by atoms with Gasteiger partial charge in [-0.2, -0.15) is 0 Å². The van der Waals surface area contributed by atoms with Crippen molar-refractivity contribution in [3.63, 3.8) is 0 Å². The smallest absolute Gasteiger partial charge is 0.148 e. The predicted molar refractivity (Wildman–Crippen MR) is 49.5 cm³/mol. The molecule has 0 fully saturated rings. The van der Waals surface area contributed by atoms with Gasteiger partial charge in [-0.3, -0.25) is 0 Å². The second kappa shape index (κ2) is 4.24. The van der Waals surface area contributed by atoms with E-state index in [4.69, 9.17) is 17.3 Å². The predicted octanol–water partition coefficient (Wildman–Crippen LogP) is 2.45. The number of benzene rings is 1. The summed E-state index contributed by atoms with van der Waals surface area (Å²) in [6.45, 7) is 0.395. The van der Waals surface area contributed by atoms with Crippen LogP contribution in [0, 0.1) is 5.82 Å². The van der Waals surface area contributed by atoms with Crippen molar-refractivity contribution in [2.45, 2.75) is 0 Å². The van der Waals surface area contributed by atoms with Crippen LogP contribution in [0.1, 0.15) is 5.56 Å². The van der Waals surface area contributed by atoms with E-state index in [1.54, 1.807) is 24.3 Å². The third kappa shape index (κ3) is 2.06. The van der Waals surface area contributed by atoms with E-state index in [0.717, 1.165) is 0 Å². The van der Waals surface area contributed by atoms with E-state index in [-0.39, 0.29) is 5.02 Å². The molecule has 1 nitrogen and oxygen atoms in total. The van der Waals surface area contributed by atoms with Crippen molar-refractivity contribution in [1.29, 1.82) is 0 Å². The van der Waals surface area contributed by atoms with E-state index in [1.807, 2.05) is 0 Å². The first-order valence-corrected chi connectivity index (χ1v) is 3.94. The van der Waals surface area contributed by atoms with Gasteiger partial charge in [0.1, 0.15) is 5.82 Å². The van der Waals surface area contributed by atoms with Gasteiger partial charge in [0.2, 0.25) is 0 Å². The molecule has 0 aliphatic heterocycles. The van der Waals surface area contributed by atoms with Gasteiger partial charge < -0.3 is 5.73 Å². The summed E-state index contributed by atoms with van der Waals surface area (Å²) in [6.07, 6.45) is 3.29. The van der Waals surface area contributed by atoms with E-state index >= 15 is 0 Å². The van der Waals surface area contributed by atoms with Crippen LogP contribution in [-0.4, -0.2) is 6.54 Å². The lowest BCUT2D eigenvalue weighted by molar-refractivity contribution is 0.625. The quantitative estimate of drug-likeness (QED) is 0.753. The summed E-state index contributed by atoms with van der Waals surface area (Å²) in [7, 11) is 0. The Morgan fingerprint density at radius 3 is 2.92 bits per heavy atom. The first-order valence-electron chi connectivity index (χ1n) is 3.56. The zero-order valence-corrected chi connectivity index (χ0v) is 7.18. The molecule has 0 atom stereocenters. The van der Waals surface area contributed by atoms with Gasteiger partial charge in [-0.15, -0.1) is 0 Å². The first-order chi connectivity index (χ1) is 5.75. The van der Waals surface area contributed by atoms with Gasteiger partial charge in [-0.1, -0.05) is 35.9 Å². The lowest BCUT2D eigenvalue weighted by atomic mass is 10.2. The van der Waals surface area contributed by atoms with E-state index in [2.05, 4.69) is 0 Å². The van der Waals surface area contributed by atoms with Crippen molar-refractivity contribution in [2.24, 2.45) is 5.73 Å². The summed E-state index contributed by atoms with van der Waals surface area (Å²) in [5.41, 5.74) is 5.69. The van der Waals surface area contributed by atoms with Crippen molar-refractivity contribution in [2.75, 3.05) is 6.54 Å². The Labute approximate surface area is 75.6 Å². The van der Waals surface area contributed by atoms with Gasteiger partial charge in [0, 0.05) is 12.1 Å². The van der Waals surface area contributed by atoms with Crippen molar-refractivity contribution in [3.8, 4) is 0 Å². The fourth-order valence-corrected chi connectivity index (χ4v) is 1.03. The molecule has 0 saturated carbocycles. The van der Waals surface area contributed by atoms with E-state index in [1.165, 1.54) is 6.07 Å². The van der Waals surface area contributed by atoms with Crippen LogP contribution < -0.4 is 5.73 Å². The van der Waals surface area contributed by atoms with Crippen molar-refractivity contribution >= 4 is 17.7 Å². The molecular weight excluding hydrogens is 177 g/mol. The summed E-state index contributed by atoms with van der Waals surface area (Å²) in [5.74, 6) is -0.399. The number of hydrogen-bond donors (Lipinski definition) is 1. The molecule has 0 aromatic heterocycles. The molecule has 0 aliphatic carbocycles. The fourth-order valence-electron chi connectivity index (χ4n) is 0.844. The molecule has 0 aliphatic rings. The SMILES string of the molecule is NC/C=C/c1cccc(Cl)c1F. The van der Waals surface area contributed by atoms with Crippen LogP contribution in [-0.2, 0) is 0 Å². The van der Waals surface area contributed by atoms with Crippen LogP contribution >= 0.6 is 11.6 Å². The number of rotatable bonds is 2. The lowest BCUT2D eigenvalue weighted by Gasteiger charge is -1.97. The minimum Gasteiger partial charge on any atom is -0.327 e. The fraction of sp³-hybridized carbons (Fsp3) is 0.111. The number of halogens is 2. The molecule has 1 aromatic carbocycles. The Hall–Kier alpha value is -0.860. The maximum Gasteiger partial charge on any atom is 0.148 e. The second-order valence-electron chi connectivity index (χ2n) is 2.28. The van der Waals surface area contributed by atoms with Gasteiger partial charge in [0.15, 0.2) is 0 Å². The summed E-state index contributed by atoms with van der Waals surface area (Å²) in [6, 6.07) is 4.85. The highest BCUT2D eigenvalue weighted by atomic mass is 35.5. The van der Waals surface area contributed by atoms with Gasteiger partial charge in [-0.05, 0) is 6.07 Å². The van der Waals surface area contributed by atoms with Crippen molar-refractivity contribution in [1.82, 2.24) is 0 Å². The molecule has 0 amide bonds. The molecule has 12 heavy (non-hydrogen) atoms. The average Bonchev–Trinajstić information content (AvgIpc) is 2.08. The third-order valence-electron chi connectivity index (χ3n) is 1.41. The van der Waals surface area contributed by atoms with Crippen LogP contribution in [0.25, 0.3) is 6.08 Å².